The van der Waals surface area contributed by atoms with E-state index >= 15 is 0 Å². The molecule has 162 valence electrons. The van der Waals surface area contributed by atoms with Crippen molar-refractivity contribution >= 4 is 28.7 Å². The SMILES string of the molecule is CN(Cc1ccc2c(c1)OCCO2)C(=O)c1ccccc1CSc1nc2ccccc2[nH]1. The quantitative estimate of drug-likeness (QED) is 0.428. The van der Waals surface area contributed by atoms with Crippen LogP contribution in [0.2, 0.25) is 0 Å². The molecule has 0 spiro atoms. The number of fused-ring (bicyclic) bond motifs is 2. The molecule has 4 aromatic rings. The number of hydrogen-bond donors (Lipinski definition) is 1. The molecule has 0 saturated heterocycles. The van der Waals surface area contributed by atoms with E-state index in [1.165, 1.54) is 0 Å². The topological polar surface area (TPSA) is 67.5 Å². The second kappa shape index (κ2) is 8.96. The maximum atomic E-state index is 13.2. The number of rotatable bonds is 6. The summed E-state index contributed by atoms with van der Waals surface area (Å²) < 4.78 is 11.2. The van der Waals surface area contributed by atoms with Crippen LogP contribution in [-0.2, 0) is 12.3 Å². The van der Waals surface area contributed by atoms with Crippen LogP contribution in [0.3, 0.4) is 0 Å². The van der Waals surface area contributed by atoms with Gasteiger partial charge in [-0.2, -0.15) is 0 Å². The summed E-state index contributed by atoms with van der Waals surface area (Å²) in [6.45, 7) is 1.59. The van der Waals surface area contributed by atoms with Crippen LogP contribution in [0.5, 0.6) is 11.5 Å². The summed E-state index contributed by atoms with van der Waals surface area (Å²) in [4.78, 5) is 22.9. The molecule has 1 N–H and O–H groups in total. The Hall–Kier alpha value is -3.45. The maximum absolute atomic E-state index is 13.2. The molecule has 1 amide bonds. The molecule has 0 saturated carbocycles. The van der Waals surface area contributed by atoms with E-state index in [2.05, 4.69) is 9.97 Å². The highest BCUT2D eigenvalue weighted by Crippen LogP contribution is 2.31. The number of hydrogen-bond acceptors (Lipinski definition) is 5. The fraction of sp³-hybridized carbons (Fsp3) is 0.200. The molecule has 1 aliphatic rings. The third-order valence-electron chi connectivity index (χ3n) is 5.35. The highest BCUT2D eigenvalue weighted by Gasteiger charge is 2.18. The van der Waals surface area contributed by atoms with Gasteiger partial charge in [-0.15, -0.1) is 0 Å². The highest BCUT2D eigenvalue weighted by atomic mass is 32.2. The van der Waals surface area contributed by atoms with E-state index in [0.717, 1.165) is 38.8 Å². The van der Waals surface area contributed by atoms with Gasteiger partial charge < -0.3 is 19.4 Å². The third-order valence-corrected chi connectivity index (χ3v) is 6.27. The summed E-state index contributed by atoms with van der Waals surface area (Å²) >= 11 is 1.59. The van der Waals surface area contributed by atoms with Crippen LogP contribution in [0.4, 0.5) is 0 Å². The standard InChI is InChI=1S/C25H23N3O3S/c1-28(15-17-10-11-22-23(14-17)31-13-12-30-22)24(29)19-7-3-2-6-18(19)16-32-25-26-20-8-4-5-9-21(20)27-25/h2-11,14H,12-13,15-16H2,1H3,(H,26,27). The highest BCUT2D eigenvalue weighted by molar-refractivity contribution is 7.98. The number of para-hydroxylation sites is 2. The fourth-order valence-electron chi connectivity index (χ4n) is 3.74. The van der Waals surface area contributed by atoms with E-state index in [4.69, 9.17) is 9.47 Å². The van der Waals surface area contributed by atoms with Gasteiger partial charge in [0.05, 0.1) is 11.0 Å². The average molecular weight is 446 g/mol. The minimum Gasteiger partial charge on any atom is -0.486 e. The van der Waals surface area contributed by atoms with Gasteiger partial charge in [-0.25, -0.2) is 4.98 Å². The molecule has 2 heterocycles. The van der Waals surface area contributed by atoms with Gasteiger partial charge in [0.15, 0.2) is 16.7 Å². The first kappa shape index (κ1) is 20.5. The molecule has 0 atom stereocenters. The Morgan fingerprint density at radius 1 is 1.03 bits per heavy atom. The second-order valence-corrected chi connectivity index (χ2v) is 8.61. The minimum absolute atomic E-state index is 0.0132. The molecule has 1 aromatic heterocycles. The lowest BCUT2D eigenvalue weighted by molar-refractivity contribution is 0.0784. The number of H-pyrrole nitrogens is 1. The van der Waals surface area contributed by atoms with Crippen LogP contribution in [0.15, 0.2) is 71.9 Å². The molecule has 0 fully saturated rings. The van der Waals surface area contributed by atoms with Crippen molar-refractivity contribution in [2.24, 2.45) is 0 Å². The number of carbonyl (C=O) groups excluding carboxylic acids is 1. The van der Waals surface area contributed by atoms with Crippen molar-refractivity contribution < 1.29 is 14.3 Å². The number of imidazole rings is 1. The predicted molar refractivity (Wildman–Crippen MR) is 125 cm³/mol. The predicted octanol–water partition coefficient (Wildman–Crippen LogP) is 4.90. The summed E-state index contributed by atoms with van der Waals surface area (Å²) in [5, 5.41) is 0.845. The van der Waals surface area contributed by atoms with Crippen LogP contribution < -0.4 is 9.47 Å². The van der Waals surface area contributed by atoms with Gasteiger partial charge in [0.1, 0.15) is 13.2 Å². The summed E-state index contributed by atoms with van der Waals surface area (Å²) in [5.41, 5.74) is 4.64. The van der Waals surface area contributed by atoms with Crippen LogP contribution in [0.1, 0.15) is 21.5 Å². The summed E-state index contributed by atoms with van der Waals surface area (Å²) in [6.07, 6.45) is 0. The number of amides is 1. The Bertz CT molecular complexity index is 1240. The van der Waals surface area contributed by atoms with E-state index in [1.807, 2.05) is 73.8 Å². The molecule has 6 nitrogen and oxygen atoms in total. The van der Waals surface area contributed by atoms with Crippen LogP contribution >= 0.6 is 11.8 Å². The molecular formula is C25H23N3O3S. The third kappa shape index (κ3) is 4.29. The summed E-state index contributed by atoms with van der Waals surface area (Å²) in [7, 11) is 1.82. The summed E-state index contributed by atoms with van der Waals surface area (Å²) in [5.74, 6) is 2.12. The first-order chi connectivity index (χ1) is 15.7. The molecule has 0 unspecified atom stereocenters. The largest absolute Gasteiger partial charge is 0.486 e. The first-order valence-electron chi connectivity index (χ1n) is 10.5. The molecule has 3 aromatic carbocycles. The van der Waals surface area contributed by atoms with Crippen molar-refractivity contribution in [1.29, 1.82) is 0 Å². The molecule has 0 aliphatic carbocycles. The van der Waals surface area contributed by atoms with E-state index in [1.54, 1.807) is 16.7 Å². The lowest BCUT2D eigenvalue weighted by atomic mass is 10.1. The molecule has 1 aliphatic heterocycles. The lowest BCUT2D eigenvalue weighted by Crippen LogP contribution is -2.27. The van der Waals surface area contributed by atoms with Crippen molar-refractivity contribution in [3.8, 4) is 11.5 Å². The maximum Gasteiger partial charge on any atom is 0.254 e. The normalized spacial score (nSPS) is 12.7. The number of benzene rings is 3. The Morgan fingerprint density at radius 3 is 2.69 bits per heavy atom. The van der Waals surface area contributed by atoms with Gasteiger partial charge in [0.25, 0.3) is 5.91 Å². The van der Waals surface area contributed by atoms with Gasteiger partial charge in [-0.3, -0.25) is 4.79 Å². The Kier molecular flexibility index (Phi) is 5.73. The molecule has 0 radical (unpaired) electrons. The number of aromatic amines is 1. The number of ether oxygens (including phenoxy) is 2. The van der Waals surface area contributed by atoms with Crippen LogP contribution in [-0.4, -0.2) is 41.0 Å². The van der Waals surface area contributed by atoms with Crippen LogP contribution in [0.25, 0.3) is 11.0 Å². The number of thioether (sulfide) groups is 1. The van der Waals surface area contributed by atoms with Gasteiger partial charge in [0.2, 0.25) is 0 Å². The van der Waals surface area contributed by atoms with Crippen molar-refractivity contribution in [2.45, 2.75) is 17.5 Å². The van der Waals surface area contributed by atoms with E-state index < -0.39 is 0 Å². The molecule has 7 heteroatoms. The monoisotopic (exact) mass is 445 g/mol. The smallest absolute Gasteiger partial charge is 0.254 e. The number of nitrogens with zero attached hydrogens (tertiary/aromatic N) is 2. The van der Waals surface area contributed by atoms with Gasteiger partial charge in [0, 0.05) is 24.9 Å². The van der Waals surface area contributed by atoms with E-state index in [-0.39, 0.29) is 5.91 Å². The Morgan fingerprint density at radius 2 is 1.81 bits per heavy atom. The molecular weight excluding hydrogens is 422 g/mol. The number of aromatic nitrogens is 2. The number of carbonyl (C=O) groups is 1. The zero-order valence-corrected chi connectivity index (χ0v) is 18.5. The fourth-order valence-corrected chi connectivity index (χ4v) is 4.63. The minimum atomic E-state index is -0.0132. The summed E-state index contributed by atoms with van der Waals surface area (Å²) in [6, 6.07) is 21.5. The zero-order chi connectivity index (χ0) is 21.9. The Balaban J connectivity index is 1.29. The van der Waals surface area contributed by atoms with E-state index in [0.29, 0.717) is 31.1 Å². The van der Waals surface area contributed by atoms with Crippen molar-refractivity contribution in [3.05, 3.63) is 83.4 Å². The van der Waals surface area contributed by atoms with Crippen LogP contribution in [0, 0.1) is 0 Å². The van der Waals surface area contributed by atoms with Crippen molar-refractivity contribution in [1.82, 2.24) is 14.9 Å². The van der Waals surface area contributed by atoms with E-state index in [9.17, 15) is 4.79 Å². The molecule has 5 rings (SSSR count). The lowest BCUT2D eigenvalue weighted by Gasteiger charge is -2.22. The number of nitrogens with one attached hydrogen (secondary N) is 1. The molecule has 32 heavy (non-hydrogen) atoms. The molecule has 0 bridgehead atoms. The van der Waals surface area contributed by atoms with Gasteiger partial charge in [-0.1, -0.05) is 48.2 Å². The van der Waals surface area contributed by atoms with Crippen molar-refractivity contribution in [2.75, 3.05) is 20.3 Å². The van der Waals surface area contributed by atoms with Gasteiger partial charge >= 0.3 is 0 Å². The van der Waals surface area contributed by atoms with Gasteiger partial charge in [-0.05, 0) is 41.5 Å². The zero-order valence-electron chi connectivity index (χ0n) is 17.7. The Labute approximate surface area is 190 Å². The second-order valence-electron chi connectivity index (χ2n) is 7.64. The first-order valence-corrected chi connectivity index (χ1v) is 11.5. The van der Waals surface area contributed by atoms with Crippen molar-refractivity contribution in [3.63, 3.8) is 0 Å². The average Bonchev–Trinajstić information content (AvgIpc) is 3.25.